The zero-order valence-electron chi connectivity index (χ0n) is 10.4. The van der Waals surface area contributed by atoms with Crippen LogP contribution in [0.3, 0.4) is 0 Å². The number of carbonyl (C=O) groups is 1. The number of thioether (sulfide) groups is 1. The normalized spacial score (nSPS) is 24.1. The van der Waals surface area contributed by atoms with Crippen molar-refractivity contribution in [3.8, 4) is 0 Å². The maximum absolute atomic E-state index is 11.3. The van der Waals surface area contributed by atoms with Crippen LogP contribution >= 0.6 is 23.4 Å². The second-order valence-corrected chi connectivity index (χ2v) is 6.95. The first-order chi connectivity index (χ1) is 8.47. The molecule has 1 aromatic carbocycles. The number of rotatable bonds is 2. The van der Waals surface area contributed by atoms with Crippen molar-refractivity contribution in [1.29, 1.82) is 0 Å². The van der Waals surface area contributed by atoms with Crippen LogP contribution in [0.4, 0.5) is 5.69 Å². The highest BCUT2D eigenvalue weighted by molar-refractivity contribution is 8.00. The molecule has 2 unspecified atom stereocenters. The maximum Gasteiger partial charge on any atom is 0.337 e. The maximum atomic E-state index is 11.3. The fraction of sp³-hybridized carbons (Fsp3) is 0.462. The fourth-order valence-electron chi connectivity index (χ4n) is 2.33. The van der Waals surface area contributed by atoms with E-state index in [9.17, 15) is 9.90 Å². The summed E-state index contributed by atoms with van der Waals surface area (Å²) in [5, 5.41) is 10.7. The molecule has 2 atom stereocenters. The van der Waals surface area contributed by atoms with E-state index in [0.717, 1.165) is 18.8 Å². The van der Waals surface area contributed by atoms with Gasteiger partial charge in [0.15, 0.2) is 0 Å². The minimum absolute atomic E-state index is 0.286. The van der Waals surface area contributed by atoms with Crippen molar-refractivity contribution < 1.29 is 9.90 Å². The molecule has 1 aliphatic heterocycles. The van der Waals surface area contributed by atoms with Gasteiger partial charge in [0.2, 0.25) is 0 Å². The van der Waals surface area contributed by atoms with Crippen LogP contribution in [0.25, 0.3) is 0 Å². The van der Waals surface area contributed by atoms with Crippen molar-refractivity contribution in [2.24, 2.45) is 0 Å². The number of carboxylic acids is 1. The summed E-state index contributed by atoms with van der Waals surface area (Å²) in [5.41, 5.74) is 1.06. The van der Waals surface area contributed by atoms with Crippen molar-refractivity contribution in [2.45, 2.75) is 24.3 Å². The first kappa shape index (κ1) is 13.6. The molecular formula is C13H16ClNO2S. The first-order valence-corrected chi connectivity index (χ1v) is 7.22. The van der Waals surface area contributed by atoms with E-state index < -0.39 is 5.97 Å². The van der Waals surface area contributed by atoms with Gasteiger partial charge in [-0.15, -0.1) is 0 Å². The Morgan fingerprint density at radius 3 is 2.56 bits per heavy atom. The van der Waals surface area contributed by atoms with E-state index in [1.807, 2.05) is 11.8 Å². The fourth-order valence-corrected chi connectivity index (χ4v) is 3.83. The Balaban J connectivity index is 2.35. The summed E-state index contributed by atoms with van der Waals surface area (Å²) in [6, 6.07) is 5.08. The zero-order chi connectivity index (χ0) is 13.3. The van der Waals surface area contributed by atoms with Crippen molar-refractivity contribution in [1.82, 2.24) is 0 Å². The molecule has 1 aliphatic rings. The lowest BCUT2D eigenvalue weighted by molar-refractivity contribution is 0.0697. The van der Waals surface area contributed by atoms with Gasteiger partial charge in [-0.25, -0.2) is 4.79 Å². The number of hydrogen-bond acceptors (Lipinski definition) is 3. The number of halogens is 1. The molecule has 0 radical (unpaired) electrons. The number of hydrogen-bond donors (Lipinski definition) is 1. The smallest absolute Gasteiger partial charge is 0.337 e. The molecule has 1 fully saturated rings. The summed E-state index contributed by atoms with van der Waals surface area (Å²) in [6.07, 6.45) is 0. The third-order valence-corrected chi connectivity index (χ3v) is 4.41. The molecule has 1 heterocycles. The van der Waals surface area contributed by atoms with Crippen molar-refractivity contribution in [3.05, 3.63) is 28.8 Å². The third kappa shape index (κ3) is 2.93. The lowest BCUT2D eigenvalue weighted by Crippen LogP contribution is -2.41. The molecule has 0 aliphatic carbocycles. The average Bonchev–Trinajstić information content (AvgIpc) is 2.27. The number of carboxylic acid groups (broad SMARTS) is 1. The Morgan fingerprint density at radius 2 is 2.00 bits per heavy atom. The van der Waals surface area contributed by atoms with E-state index in [0.29, 0.717) is 15.5 Å². The molecule has 0 saturated carbocycles. The van der Waals surface area contributed by atoms with Gasteiger partial charge in [-0.3, -0.25) is 0 Å². The lowest BCUT2D eigenvalue weighted by Gasteiger charge is -2.36. The molecule has 0 spiro atoms. The lowest BCUT2D eigenvalue weighted by atomic mass is 10.1. The number of anilines is 1. The topological polar surface area (TPSA) is 40.5 Å². The van der Waals surface area contributed by atoms with E-state index in [2.05, 4.69) is 18.7 Å². The van der Waals surface area contributed by atoms with E-state index in [-0.39, 0.29) is 5.56 Å². The average molecular weight is 286 g/mol. The van der Waals surface area contributed by atoms with Crippen LogP contribution in [0.1, 0.15) is 24.2 Å². The van der Waals surface area contributed by atoms with E-state index in [1.54, 1.807) is 12.1 Å². The summed E-state index contributed by atoms with van der Waals surface area (Å²) in [5.74, 6) is -0.925. The van der Waals surface area contributed by atoms with Crippen LogP contribution in [-0.4, -0.2) is 34.7 Å². The van der Waals surface area contributed by atoms with E-state index >= 15 is 0 Å². The van der Waals surface area contributed by atoms with Crippen molar-refractivity contribution in [3.63, 3.8) is 0 Å². The first-order valence-electron chi connectivity index (χ1n) is 5.90. The Hall–Kier alpha value is -0.870. The van der Waals surface area contributed by atoms with Crippen LogP contribution in [-0.2, 0) is 0 Å². The molecule has 3 nitrogen and oxygen atoms in total. The van der Waals surface area contributed by atoms with Gasteiger partial charge in [0.05, 0.1) is 11.3 Å². The summed E-state index contributed by atoms with van der Waals surface area (Å²) >= 11 is 7.81. The predicted molar refractivity (Wildman–Crippen MR) is 77.1 cm³/mol. The van der Waals surface area contributed by atoms with E-state index in [4.69, 9.17) is 11.6 Å². The molecule has 0 bridgehead atoms. The highest BCUT2D eigenvalue weighted by Gasteiger charge is 2.25. The highest BCUT2D eigenvalue weighted by atomic mass is 35.5. The van der Waals surface area contributed by atoms with Gasteiger partial charge in [0.1, 0.15) is 0 Å². The molecule has 98 valence electrons. The van der Waals surface area contributed by atoms with Gasteiger partial charge in [0.25, 0.3) is 0 Å². The van der Waals surface area contributed by atoms with Crippen LogP contribution < -0.4 is 4.90 Å². The Labute approximate surface area is 116 Å². The molecule has 5 heteroatoms. The van der Waals surface area contributed by atoms with Crippen LogP contribution in [0, 0.1) is 0 Å². The van der Waals surface area contributed by atoms with Gasteiger partial charge < -0.3 is 10.0 Å². The van der Waals surface area contributed by atoms with Crippen LogP contribution in [0.5, 0.6) is 0 Å². The van der Waals surface area contributed by atoms with Crippen LogP contribution in [0.15, 0.2) is 18.2 Å². The Bertz CT molecular complexity index is 456. The Morgan fingerprint density at radius 1 is 1.39 bits per heavy atom. The summed E-state index contributed by atoms with van der Waals surface area (Å²) in [6.45, 7) is 6.08. The Kier molecular flexibility index (Phi) is 4.07. The molecule has 2 rings (SSSR count). The van der Waals surface area contributed by atoms with Crippen molar-refractivity contribution in [2.75, 3.05) is 18.0 Å². The van der Waals surface area contributed by atoms with Gasteiger partial charge in [-0.2, -0.15) is 11.8 Å². The summed E-state index contributed by atoms with van der Waals surface area (Å²) in [7, 11) is 0. The monoisotopic (exact) mass is 285 g/mol. The van der Waals surface area contributed by atoms with Crippen LogP contribution in [0.2, 0.25) is 5.02 Å². The van der Waals surface area contributed by atoms with Gasteiger partial charge in [-0.1, -0.05) is 25.4 Å². The number of nitrogens with zero attached hydrogens (tertiary/aromatic N) is 1. The second-order valence-electron chi connectivity index (χ2n) is 4.63. The molecule has 18 heavy (non-hydrogen) atoms. The second kappa shape index (κ2) is 5.41. The molecule has 1 N–H and O–H groups in total. The highest BCUT2D eigenvalue weighted by Crippen LogP contribution is 2.31. The molecule has 0 aromatic heterocycles. The summed E-state index contributed by atoms with van der Waals surface area (Å²) in [4.78, 5) is 13.4. The molecule has 0 amide bonds. The minimum atomic E-state index is -0.925. The molecule has 1 saturated heterocycles. The standard InChI is InChI=1S/C13H16ClNO2S/c1-8-6-15(7-9(2)18-8)12-4-3-10(14)5-11(12)13(16)17/h3-5,8-9H,6-7H2,1-2H3,(H,16,17). The van der Waals surface area contributed by atoms with E-state index in [1.165, 1.54) is 6.07 Å². The third-order valence-electron chi connectivity index (χ3n) is 2.95. The number of aromatic carboxylic acids is 1. The van der Waals surface area contributed by atoms with Gasteiger partial charge in [-0.05, 0) is 18.2 Å². The van der Waals surface area contributed by atoms with Gasteiger partial charge >= 0.3 is 5.97 Å². The largest absolute Gasteiger partial charge is 0.478 e. The molecular weight excluding hydrogens is 270 g/mol. The van der Waals surface area contributed by atoms with Gasteiger partial charge in [0, 0.05) is 28.6 Å². The van der Waals surface area contributed by atoms with Crippen molar-refractivity contribution >= 4 is 35.0 Å². The molecule has 1 aromatic rings. The number of benzene rings is 1. The predicted octanol–water partition coefficient (Wildman–Crippen LogP) is 3.37. The minimum Gasteiger partial charge on any atom is -0.478 e. The SMILES string of the molecule is CC1CN(c2ccc(Cl)cc2C(=O)O)CC(C)S1. The zero-order valence-corrected chi connectivity index (χ0v) is 12.0. The quantitative estimate of drug-likeness (QED) is 0.904. The summed E-state index contributed by atoms with van der Waals surface area (Å²) < 4.78 is 0.